The van der Waals surface area contributed by atoms with Gasteiger partial charge in [-0.05, 0) is 30.2 Å². The van der Waals surface area contributed by atoms with Gasteiger partial charge in [0.2, 0.25) is 5.43 Å². The summed E-state index contributed by atoms with van der Waals surface area (Å²) in [7, 11) is 1.60. The molecule has 0 amide bonds. The van der Waals surface area contributed by atoms with Gasteiger partial charge in [-0.1, -0.05) is 42.5 Å². The third-order valence-electron chi connectivity index (χ3n) is 4.49. The average Bonchev–Trinajstić information content (AvgIpc) is 2.71. The van der Waals surface area contributed by atoms with Gasteiger partial charge in [-0.2, -0.15) is 0 Å². The largest absolute Gasteiger partial charge is 0.497 e. The van der Waals surface area contributed by atoms with Gasteiger partial charge in [-0.15, -0.1) is 0 Å². The van der Waals surface area contributed by atoms with E-state index in [-0.39, 0.29) is 5.43 Å². The van der Waals surface area contributed by atoms with Crippen molar-refractivity contribution in [1.29, 1.82) is 0 Å². The van der Waals surface area contributed by atoms with Crippen molar-refractivity contribution in [2.45, 2.75) is 26.2 Å². The van der Waals surface area contributed by atoms with Crippen LogP contribution in [0.3, 0.4) is 0 Å². The number of pyridine rings is 1. The van der Waals surface area contributed by atoms with Crippen LogP contribution in [-0.2, 0) is 13.2 Å². The van der Waals surface area contributed by atoms with Gasteiger partial charge in [-0.25, -0.2) is 0 Å². The van der Waals surface area contributed by atoms with E-state index in [1.54, 1.807) is 13.3 Å². The van der Waals surface area contributed by atoms with Crippen LogP contribution >= 0.6 is 0 Å². The van der Waals surface area contributed by atoms with Gasteiger partial charge in [0, 0.05) is 12.3 Å². The monoisotopic (exact) mass is 365 g/mol. The number of nitrogens with zero attached hydrogens (tertiary/aromatic N) is 1. The van der Waals surface area contributed by atoms with Crippen LogP contribution in [0.5, 0.6) is 11.5 Å². The van der Waals surface area contributed by atoms with E-state index in [9.17, 15) is 9.90 Å². The van der Waals surface area contributed by atoms with E-state index in [4.69, 9.17) is 9.47 Å². The molecule has 1 aromatic heterocycles. The van der Waals surface area contributed by atoms with Crippen LogP contribution in [0.15, 0.2) is 71.7 Å². The van der Waals surface area contributed by atoms with Gasteiger partial charge in [0.15, 0.2) is 5.75 Å². The summed E-state index contributed by atoms with van der Waals surface area (Å²) in [6.07, 6.45) is 0.971. The molecule has 0 unspecified atom stereocenters. The van der Waals surface area contributed by atoms with Crippen molar-refractivity contribution in [1.82, 2.24) is 4.57 Å². The summed E-state index contributed by atoms with van der Waals surface area (Å²) in [6, 6.07) is 18.4. The first kappa shape index (κ1) is 18.7. The smallest absolute Gasteiger partial charge is 0.223 e. The molecule has 0 fully saturated rings. The highest BCUT2D eigenvalue weighted by atomic mass is 16.5. The predicted molar refractivity (Wildman–Crippen MR) is 104 cm³/mol. The van der Waals surface area contributed by atoms with Crippen LogP contribution in [0, 0.1) is 6.92 Å². The van der Waals surface area contributed by atoms with Crippen LogP contribution in [0.1, 0.15) is 22.9 Å². The number of rotatable bonds is 7. The Morgan fingerprint density at radius 3 is 2.41 bits per heavy atom. The van der Waals surface area contributed by atoms with Gasteiger partial charge < -0.3 is 19.1 Å². The molecule has 0 aliphatic heterocycles. The molecule has 0 bridgehead atoms. The van der Waals surface area contributed by atoms with E-state index in [0.29, 0.717) is 24.6 Å². The number of aliphatic hydroxyl groups is 1. The molecule has 1 heterocycles. The van der Waals surface area contributed by atoms with Gasteiger partial charge in [0.1, 0.15) is 12.4 Å². The van der Waals surface area contributed by atoms with Crippen LogP contribution in [-0.4, -0.2) is 16.8 Å². The van der Waals surface area contributed by atoms with E-state index in [0.717, 1.165) is 16.9 Å². The molecule has 27 heavy (non-hydrogen) atoms. The lowest BCUT2D eigenvalue weighted by Gasteiger charge is -2.18. The number of methoxy groups -OCH3 is 1. The normalized spacial score (nSPS) is 11.8. The molecule has 140 valence electrons. The fourth-order valence-electron chi connectivity index (χ4n) is 2.87. The number of hydrogen-bond acceptors (Lipinski definition) is 4. The summed E-state index contributed by atoms with van der Waals surface area (Å²) in [5.41, 5.74) is 2.29. The molecule has 0 saturated heterocycles. The summed E-state index contributed by atoms with van der Waals surface area (Å²) in [6.45, 7) is 2.46. The maximum absolute atomic E-state index is 12.2. The Morgan fingerprint density at radius 2 is 1.74 bits per heavy atom. The third kappa shape index (κ3) is 4.57. The molecule has 5 nitrogen and oxygen atoms in total. The first-order valence-corrected chi connectivity index (χ1v) is 8.77. The van der Waals surface area contributed by atoms with E-state index in [1.807, 2.05) is 66.1 Å². The highest BCUT2D eigenvalue weighted by molar-refractivity contribution is 5.30. The first-order valence-electron chi connectivity index (χ1n) is 8.77. The molecular formula is C22H23NO4. The lowest BCUT2D eigenvalue weighted by molar-refractivity contribution is 0.154. The minimum atomic E-state index is -0.709. The third-order valence-corrected chi connectivity index (χ3v) is 4.49. The zero-order valence-corrected chi connectivity index (χ0v) is 15.5. The van der Waals surface area contributed by atoms with Crippen molar-refractivity contribution >= 4 is 0 Å². The standard InChI is InChI=1S/C22H23NO4/c1-16-22(27-15-17-6-4-3-5-7-17)20(24)12-13-23(16)14-21(25)18-8-10-19(26-2)11-9-18/h3-13,21,25H,14-15H2,1-2H3/t21-/m0/s1. The van der Waals surface area contributed by atoms with Gasteiger partial charge in [0.05, 0.1) is 25.5 Å². The lowest BCUT2D eigenvalue weighted by atomic mass is 10.1. The summed E-state index contributed by atoms with van der Waals surface area (Å²) < 4.78 is 12.8. The Labute approximate surface area is 158 Å². The van der Waals surface area contributed by atoms with E-state index >= 15 is 0 Å². The minimum absolute atomic E-state index is 0.168. The molecule has 0 aliphatic rings. The quantitative estimate of drug-likeness (QED) is 0.696. The predicted octanol–water partition coefficient (Wildman–Crippen LogP) is 3.48. The fourth-order valence-corrected chi connectivity index (χ4v) is 2.87. The van der Waals surface area contributed by atoms with Crippen molar-refractivity contribution < 1.29 is 14.6 Å². The molecular weight excluding hydrogens is 342 g/mol. The molecule has 0 saturated carbocycles. The maximum atomic E-state index is 12.2. The second-order valence-corrected chi connectivity index (χ2v) is 6.31. The van der Waals surface area contributed by atoms with Crippen molar-refractivity contribution in [2.24, 2.45) is 0 Å². The zero-order chi connectivity index (χ0) is 19.2. The molecule has 3 aromatic rings. The molecule has 2 aromatic carbocycles. The molecule has 0 spiro atoms. The van der Waals surface area contributed by atoms with E-state index in [1.165, 1.54) is 6.07 Å². The van der Waals surface area contributed by atoms with Crippen LogP contribution < -0.4 is 14.9 Å². The van der Waals surface area contributed by atoms with Crippen molar-refractivity contribution in [2.75, 3.05) is 7.11 Å². The van der Waals surface area contributed by atoms with Gasteiger partial charge in [-0.3, -0.25) is 4.79 Å². The van der Waals surface area contributed by atoms with Crippen molar-refractivity contribution in [3.05, 3.63) is 93.9 Å². The fraction of sp³-hybridized carbons (Fsp3) is 0.227. The first-order chi connectivity index (χ1) is 13.1. The Balaban J connectivity index is 1.76. The second kappa shape index (κ2) is 8.56. The maximum Gasteiger partial charge on any atom is 0.223 e. The van der Waals surface area contributed by atoms with Crippen molar-refractivity contribution in [3.8, 4) is 11.5 Å². The van der Waals surface area contributed by atoms with Crippen molar-refractivity contribution in [3.63, 3.8) is 0 Å². The summed E-state index contributed by atoms with van der Waals surface area (Å²) in [5, 5.41) is 10.5. The minimum Gasteiger partial charge on any atom is -0.497 e. The summed E-state index contributed by atoms with van der Waals surface area (Å²) in [4.78, 5) is 12.2. The Bertz CT molecular complexity index is 933. The molecule has 3 rings (SSSR count). The molecule has 1 N–H and O–H groups in total. The number of aliphatic hydroxyl groups excluding tert-OH is 1. The lowest BCUT2D eigenvalue weighted by Crippen LogP contribution is -2.17. The zero-order valence-electron chi connectivity index (χ0n) is 15.5. The van der Waals surface area contributed by atoms with Crippen LogP contribution in [0.2, 0.25) is 0 Å². The average molecular weight is 365 g/mol. The number of hydrogen-bond donors (Lipinski definition) is 1. The van der Waals surface area contributed by atoms with Gasteiger partial charge in [0.25, 0.3) is 0 Å². The number of ether oxygens (including phenoxy) is 2. The van der Waals surface area contributed by atoms with E-state index in [2.05, 4.69) is 0 Å². The number of benzene rings is 2. The highest BCUT2D eigenvalue weighted by Gasteiger charge is 2.13. The van der Waals surface area contributed by atoms with Crippen LogP contribution in [0.25, 0.3) is 0 Å². The SMILES string of the molecule is COc1ccc([C@@H](O)Cn2ccc(=O)c(OCc3ccccc3)c2C)cc1. The summed E-state index contributed by atoms with van der Waals surface area (Å²) >= 11 is 0. The molecule has 0 radical (unpaired) electrons. The number of aromatic nitrogens is 1. The Hall–Kier alpha value is -3.05. The van der Waals surface area contributed by atoms with Gasteiger partial charge >= 0.3 is 0 Å². The van der Waals surface area contributed by atoms with E-state index < -0.39 is 6.10 Å². The van der Waals surface area contributed by atoms with Crippen LogP contribution in [0.4, 0.5) is 0 Å². The Morgan fingerprint density at radius 1 is 1.04 bits per heavy atom. The summed E-state index contributed by atoms with van der Waals surface area (Å²) in [5.74, 6) is 1.05. The second-order valence-electron chi connectivity index (χ2n) is 6.31. The molecule has 0 aliphatic carbocycles. The highest BCUT2D eigenvalue weighted by Crippen LogP contribution is 2.21. The Kier molecular flexibility index (Phi) is 5.94. The molecule has 5 heteroatoms. The molecule has 1 atom stereocenters. The topological polar surface area (TPSA) is 60.7 Å².